The number of rotatable bonds is 5. The van der Waals surface area contributed by atoms with Gasteiger partial charge in [-0.1, -0.05) is 12.1 Å². The number of allylic oxidation sites excluding steroid dienone is 2. The highest BCUT2D eigenvalue weighted by molar-refractivity contribution is 5.88. The number of likely N-dealkylation sites (tertiary alicyclic amines) is 1. The Labute approximate surface area is 161 Å². The van der Waals surface area contributed by atoms with E-state index >= 15 is 0 Å². The van der Waals surface area contributed by atoms with E-state index < -0.39 is 0 Å². The second-order valence-electron chi connectivity index (χ2n) is 7.40. The molecule has 1 aromatic carbocycles. The first-order chi connectivity index (χ1) is 12.9. The van der Waals surface area contributed by atoms with Crippen LogP contribution in [0.2, 0.25) is 0 Å². The molecule has 1 saturated heterocycles. The first-order valence-corrected chi connectivity index (χ1v) is 9.43. The number of hydrogen-bond donors (Lipinski definition) is 0. The summed E-state index contributed by atoms with van der Waals surface area (Å²) in [6.07, 6.45) is 6.66. The molecule has 3 rings (SSSR count). The van der Waals surface area contributed by atoms with Gasteiger partial charge in [-0.15, -0.1) is 0 Å². The second-order valence-corrected chi connectivity index (χ2v) is 7.40. The van der Waals surface area contributed by atoms with Crippen LogP contribution in [0.15, 0.2) is 41.7 Å². The van der Waals surface area contributed by atoms with E-state index in [9.17, 15) is 4.79 Å². The van der Waals surface area contributed by atoms with E-state index in [4.69, 9.17) is 14.2 Å². The highest BCUT2D eigenvalue weighted by atomic mass is 16.5. The van der Waals surface area contributed by atoms with Gasteiger partial charge in [0.1, 0.15) is 5.76 Å². The third-order valence-electron chi connectivity index (χ3n) is 6.05. The number of carbonyl (C=O) groups excluding carboxylic acids is 1. The van der Waals surface area contributed by atoms with Gasteiger partial charge in [0, 0.05) is 23.5 Å². The minimum atomic E-state index is -0.261. The summed E-state index contributed by atoms with van der Waals surface area (Å²) in [5, 5.41) is 0. The largest absolute Gasteiger partial charge is 0.493 e. The van der Waals surface area contributed by atoms with Gasteiger partial charge in [0.2, 0.25) is 0 Å². The third kappa shape index (κ3) is 3.48. The van der Waals surface area contributed by atoms with Crippen LogP contribution in [0, 0.1) is 0 Å². The van der Waals surface area contributed by atoms with Crippen molar-refractivity contribution in [2.45, 2.75) is 44.6 Å². The fourth-order valence-electron chi connectivity index (χ4n) is 4.26. The van der Waals surface area contributed by atoms with Crippen LogP contribution in [0.3, 0.4) is 0 Å². The number of esters is 1. The summed E-state index contributed by atoms with van der Waals surface area (Å²) < 4.78 is 16.6. The Bertz CT molecular complexity index is 783. The lowest BCUT2D eigenvalue weighted by Gasteiger charge is -2.40. The van der Waals surface area contributed by atoms with Crippen molar-refractivity contribution in [3.8, 4) is 11.5 Å². The minimum absolute atomic E-state index is 0.000150. The zero-order valence-electron chi connectivity index (χ0n) is 16.9. The molecule has 0 N–H and O–H groups in total. The van der Waals surface area contributed by atoms with Gasteiger partial charge in [-0.25, -0.2) is 4.79 Å². The summed E-state index contributed by atoms with van der Waals surface area (Å²) in [4.78, 5) is 14.5. The van der Waals surface area contributed by atoms with Gasteiger partial charge in [-0.3, -0.25) is 4.90 Å². The quantitative estimate of drug-likeness (QED) is 0.581. The summed E-state index contributed by atoms with van der Waals surface area (Å²) in [6.45, 7) is 4.63. The third-order valence-corrected chi connectivity index (χ3v) is 6.05. The second kappa shape index (κ2) is 7.77. The number of fused-ring (bicyclic) bond motifs is 1. The van der Waals surface area contributed by atoms with Gasteiger partial charge in [0.05, 0.1) is 14.2 Å². The number of methoxy groups -OCH3 is 2. The van der Waals surface area contributed by atoms with Crippen molar-refractivity contribution in [3.05, 3.63) is 47.2 Å². The molecular formula is C22H29NO4. The Morgan fingerprint density at radius 3 is 2.63 bits per heavy atom. The van der Waals surface area contributed by atoms with Crippen LogP contribution in [0.25, 0.3) is 0 Å². The van der Waals surface area contributed by atoms with Crippen molar-refractivity contribution >= 4 is 5.97 Å². The fraction of sp³-hybridized carbons (Fsp3) is 0.500. The average molecular weight is 371 g/mol. The molecule has 1 aliphatic carbocycles. The number of carbonyl (C=O) groups is 1. The summed E-state index contributed by atoms with van der Waals surface area (Å²) >= 11 is 0. The zero-order valence-corrected chi connectivity index (χ0v) is 16.9. The van der Waals surface area contributed by atoms with Gasteiger partial charge in [0.15, 0.2) is 11.5 Å². The lowest BCUT2D eigenvalue weighted by atomic mass is 9.68. The highest BCUT2D eigenvalue weighted by Crippen LogP contribution is 2.49. The van der Waals surface area contributed by atoms with Gasteiger partial charge in [-0.05, 0) is 64.1 Å². The summed E-state index contributed by atoms with van der Waals surface area (Å²) in [7, 11) is 5.45. The molecule has 146 valence electrons. The zero-order chi connectivity index (χ0) is 19.6. The van der Waals surface area contributed by atoms with Gasteiger partial charge in [-0.2, -0.15) is 0 Å². The number of likely N-dealkylation sites (N-methyl/N-ethyl adjacent to an activating group) is 1. The van der Waals surface area contributed by atoms with Crippen LogP contribution in [-0.2, 0) is 14.9 Å². The molecule has 5 heteroatoms. The maximum atomic E-state index is 12.1. The molecule has 0 saturated carbocycles. The number of nitrogens with zero attached hydrogens (tertiary/aromatic N) is 1. The monoisotopic (exact) mass is 371 g/mol. The topological polar surface area (TPSA) is 48.0 Å². The Hall–Kier alpha value is -2.27. The molecule has 1 aliphatic heterocycles. The van der Waals surface area contributed by atoms with Crippen LogP contribution >= 0.6 is 0 Å². The van der Waals surface area contributed by atoms with Crippen molar-refractivity contribution in [3.63, 3.8) is 0 Å². The van der Waals surface area contributed by atoms with Crippen molar-refractivity contribution < 1.29 is 19.0 Å². The molecular weight excluding hydrogens is 342 g/mol. The SMILES string of the molecule is C/C=C(\C)C(=O)OC1=C[C@@H]2N(C)CC[C@]2(c2ccc(OC)c(OC)c2)CC1. The molecule has 0 bridgehead atoms. The van der Waals surface area contributed by atoms with Crippen LogP contribution in [-0.4, -0.2) is 44.7 Å². The summed E-state index contributed by atoms with van der Waals surface area (Å²) in [5.74, 6) is 2.00. The van der Waals surface area contributed by atoms with E-state index in [0.717, 1.165) is 43.1 Å². The molecule has 0 radical (unpaired) electrons. The molecule has 27 heavy (non-hydrogen) atoms. The molecule has 2 aliphatic rings. The van der Waals surface area contributed by atoms with Crippen LogP contribution in [0.5, 0.6) is 11.5 Å². The van der Waals surface area contributed by atoms with Crippen molar-refractivity contribution in [1.82, 2.24) is 4.90 Å². The van der Waals surface area contributed by atoms with E-state index in [-0.39, 0.29) is 17.4 Å². The molecule has 1 aromatic rings. The Morgan fingerprint density at radius 1 is 1.22 bits per heavy atom. The maximum absolute atomic E-state index is 12.1. The summed E-state index contributed by atoms with van der Waals surface area (Å²) in [6, 6.07) is 6.41. The van der Waals surface area contributed by atoms with Gasteiger partial charge in [0.25, 0.3) is 0 Å². The molecule has 0 unspecified atom stereocenters. The average Bonchev–Trinajstić information content (AvgIpc) is 3.04. The predicted molar refractivity (Wildman–Crippen MR) is 105 cm³/mol. The summed E-state index contributed by atoms with van der Waals surface area (Å²) in [5.41, 5.74) is 1.88. The fourth-order valence-corrected chi connectivity index (χ4v) is 4.26. The maximum Gasteiger partial charge on any atom is 0.338 e. The van der Waals surface area contributed by atoms with Crippen LogP contribution < -0.4 is 9.47 Å². The lowest BCUT2D eigenvalue weighted by Crippen LogP contribution is -2.42. The molecule has 1 fully saturated rings. The molecule has 1 heterocycles. The number of ether oxygens (including phenoxy) is 3. The van der Waals surface area contributed by atoms with Gasteiger partial charge < -0.3 is 14.2 Å². The Morgan fingerprint density at radius 2 is 1.96 bits per heavy atom. The Kier molecular flexibility index (Phi) is 5.61. The molecule has 2 atom stereocenters. The minimum Gasteiger partial charge on any atom is -0.493 e. The molecule has 0 aromatic heterocycles. The lowest BCUT2D eigenvalue weighted by molar-refractivity contribution is -0.135. The van der Waals surface area contributed by atoms with E-state index in [1.54, 1.807) is 27.2 Å². The molecule has 0 amide bonds. The number of hydrogen-bond acceptors (Lipinski definition) is 5. The standard InChI is InChI=1S/C22H29NO4/c1-6-15(2)21(24)27-17-9-10-22(11-12-23(3)20(22)14-17)16-7-8-18(25-4)19(13-16)26-5/h6-8,13-14,20H,9-12H2,1-5H3/b15-6+/t20-,22-/m0/s1. The Balaban J connectivity index is 1.93. The van der Waals surface area contributed by atoms with Crippen molar-refractivity contribution in [2.75, 3.05) is 27.8 Å². The van der Waals surface area contributed by atoms with E-state index in [1.165, 1.54) is 5.56 Å². The first kappa shape index (κ1) is 19.5. The van der Waals surface area contributed by atoms with Crippen LogP contribution in [0.4, 0.5) is 0 Å². The van der Waals surface area contributed by atoms with Crippen molar-refractivity contribution in [1.29, 1.82) is 0 Å². The van der Waals surface area contributed by atoms with E-state index in [0.29, 0.717) is 5.57 Å². The molecule has 5 nitrogen and oxygen atoms in total. The highest BCUT2D eigenvalue weighted by Gasteiger charge is 2.48. The van der Waals surface area contributed by atoms with Gasteiger partial charge >= 0.3 is 5.97 Å². The molecule has 0 spiro atoms. The predicted octanol–water partition coefficient (Wildman–Crippen LogP) is 3.83. The first-order valence-electron chi connectivity index (χ1n) is 9.43. The normalized spacial score (nSPS) is 25.6. The van der Waals surface area contributed by atoms with Crippen molar-refractivity contribution in [2.24, 2.45) is 0 Å². The van der Waals surface area contributed by atoms with E-state index in [2.05, 4.69) is 30.2 Å². The number of benzene rings is 1. The van der Waals surface area contributed by atoms with Crippen LogP contribution in [0.1, 0.15) is 38.7 Å². The van der Waals surface area contributed by atoms with E-state index in [1.807, 2.05) is 13.0 Å². The smallest absolute Gasteiger partial charge is 0.338 e.